The van der Waals surface area contributed by atoms with Crippen LogP contribution in [0.15, 0.2) is 58.0 Å². The molecule has 162 valence electrons. The number of aromatic nitrogens is 2. The van der Waals surface area contributed by atoms with Crippen LogP contribution < -0.4 is 14.9 Å². The van der Waals surface area contributed by atoms with Crippen LogP contribution in [0.1, 0.15) is 26.3 Å². The first-order chi connectivity index (χ1) is 15.0. The van der Waals surface area contributed by atoms with Gasteiger partial charge in [-0.15, -0.1) is 10.2 Å². The quantitative estimate of drug-likeness (QED) is 0.272. The lowest BCUT2D eigenvalue weighted by Crippen LogP contribution is -2.19. The van der Waals surface area contributed by atoms with Crippen molar-refractivity contribution in [1.29, 1.82) is 0 Å². The number of amides is 1. The van der Waals surface area contributed by atoms with Gasteiger partial charge in [-0.05, 0) is 44.5 Å². The Morgan fingerprint density at radius 2 is 2.00 bits per heavy atom. The van der Waals surface area contributed by atoms with E-state index < -0.39 is 0 Å². The van der Waals surface area contributed by atoms with Crippen LogP contribution in [0.5, 0.6) is 11.5 Å². The molecule has 7 nitrogen and oxygen atoms in total. The van der Waals surface area contributed by atoms with E-state index in [9.17, 15) is 4.79 Å². The van der Waals surface area contributed by atoms with Crippen molar-refractivity contribution >= 4 is 35.2 Å². The molecule has 0 saturated carbocycles. The van der Waals surface area contributed by atoms with Crippen LogP contribution in [0.3, 0.4) is 0 Å². The molecule has 1 heterocycles. The van der Waals surface area contributed by atoms with Crippen molar-refractivity contribution < 1.29 is 14.3 Å². The summed E-state index contributed by atoms with van der Waals surface area (Å²) in [7, 11) is 0. The predicted molar refractivity (Wildman–Crippen MR) is 125 cm³/mol. The molecular formula is C22H24N4O3S2. The van der Waals surface area contributed by atoms with Crippen LogP contribution >= 0.6 is 23.1 Å². The first-order valence-electron chi connectivity index (χ1n) is 9.82. The lowest BCUT2D eigenvalue weighted by atomic mass is 10.2. The Morgan fingerprint density at radius 3 is 2.74 bits per heavy atom. The number of carbonyl (C=O) groups excluding carboxylic acids is 1. The molecule has 0 atom stereocenters. The maximum absolute atomic E-state index is 12.1. The van der Waals surface area contributed by atoms with Crippen LogP contribution in [0.4, 0.5) is 0 Å². The molecule has 0 unspecified atom stereocenters. The van der Waals surface area contributed by atoms with Crippen molar-refractivity contribution in [2.24, 2.45) is 5.10 Å². The van der Waals surface area contributed by atoms with E-state index in [4.69, 9.17) is 9.47 Å². The SMILES string of the molecule is CCOc1cc(C=NNC(=O)CSc2nnc(-c3ccccc3)s2)ccc1OC(C)C. The van der Waals surface area contributed by atoms with Gasteiger partial charge in [-0.3, -0.25) is 4.79 Å². The lowest BCUT2D eigenvalue weighted by molar-refractivity contribution is -0.118. The molecule has 3 rings (SSSR count). The van der Waals surface area contributed by atoms with Crippen LogP contribution in [-0.4, -0.2) is 40.8 Å². The van der Waals surface area contributed by atoms with Crippen molar-refractivity contribution in [3.8, 4) is 22.1 Å². The summed E-state index contributed by atoms with van der Waals surface area (Å²) in [5.74, 6) is 1.31. The molecule has 0 saturated heterocycles. The van der Waals surface area contributed by atoms with Gasteiger partial charge in [-0.25, -0.2) is 5.43 Å². The first kappa shape index (κ1) is 22.8. The number of hydrogen-bond acceptors (Lipinski definition) is 8. The third kappa shape index (κ3) is 7.08. The van der Waals surface area contributed by atoms with Crippen molar-refractivity contribution in [2.45, 2.75) is 31.2 Å². The van der Waals surface area contributed by atoms with Gasteiger partial charge in [0.1, 0.15) is 5.01 Å². The Labute approximate surface area is 189 Å². The number of hydrogen-bond donors (Lipinski definition) is 1. The molecule has 0 aliphatic rings. The van der Waals surface area contributed by atoms with Gasteiger partial charge < -0.3 is 9.47 Å². The molecule has 3 aromatic rings. The number of nitrogens with one attached hydrogen (secondary N) is 1. The van der Waals surface area contributed by atoms with Gasteiger partial charge in [0.2, 0.25) is 0 Å². The number of benzene rings is 2. The zero-order chi connectivity index (χ0) is 22.1. The third-order valence-corrected chi connectivity index (χ3v) is 5.89. The fraction of sp³-hybridized carbons (Fsp3) is 0.273. The molecule has 9 heteroatoms. The Balaban J connectivity index is 1.51. The standard InChI is InChI=1S/C22H24N4O3S2/c1-4-28-19-12-16(10-11-18(19)29-15(2)3)13-23-24-20(27)14-30-22-26-25-21(31-22)17-8-6-5-7-9-17/h5-13,15H,4,14H2,1-3H3,(H,24,27). The number of ether oxygens (including phenoxy) is 2. The molecular weight excluding hydrogens is 432 g/mol. The van der Waals surface area contributed by atoms with Crippen molar-refractivity contribution in [1.82, 2.24) is 15.6 Å². The molecule has 1 aromatic heterocycles. The van der Waals surface area contributed by atoms with Crippen molar-refractivity contribution in [3.63, 3.8) is 0 Å². The number of carbonyl (C=O) groups is 1. The molecule has 2 aromatic carbocycles. The molecule has 0 aliphatic carbocycles. The van der Waals surface area contributed by atoms with E-state index in [1.807, 2.05) is 69.3 Å². The van der Waals surface area contributed by atoms with Gasteiger partial charge in [0.15, 0.2) is 15.8 Å². The fourth-order valence-electron chi connectivity index (χ4n) is 2.53. The number of rotatable bonds is 10. The molecule has 1 amide bonds. The number of nitrogens with zero attached hydrogens (tertiary/aromatic N) is 3. The highest BCUT2D eigenvalue weighted by atomic mass is 32.2. The topological polar surface area (TPSA) is 85.7 Å². The summed E-state index contributed by atoms with van der Waals surface area (Å²) in [5, 5.41) is 13.2. The molecule has 0 radical (unpaired) electrons. The first-order valence-corrected chi connectivity index (χ1v) is 11.6. The van der Waals surface area contributed by atoms with E-state index in [0.717, 1.165) is 20.5 Å². The second-order valence-electron chi connectivity index (χ2n) is 6.63. The maximum atomic E-state index is 12.1. The Hall–Kier alpha value is -2.91. The van der Waals surface area contributed by atoms with Gasteiger partial charge in [0.05, 0.1) is 24.7 Å². The summed E-state index contributed by atoms with van der Waals surface area (Å²) in [6.45, 7) is 6.37. The number of hydrazone groups is 1. The normalized spacial score (nSPS) is 11.1. The van der Waals surface area contributed by atoms with Gasteiger partial charge in [0, 0.05) is 5.56 Å². The van der Waals surface area contributed by atoms with E-state index in [-0.39, 0.29) is 17.8 Å². The summed E-state index contributed by atoms with van der Waals surface area (Å²) in [4.78, 5) is 12.1. The summed E-state index contributed by atoms with van der Waals surface area (Å²) in [5.41, 5.74) is 4.34. The summed E-state index contributed by atoms with van der Waals surface area (Å²) >= 11 is 2.79. The Morgan fingerprint density at radius 1 is 1.19 bits per heavy atom. The second kappa shape index (κ2) is 11.5. The van der Waals surface area contributed by atoms with Crippen LogP contribution in [0.2, 0.25) is 0 Å². The average Bonchev–Trinajstić information content (AvgIpc) is 3.24. The molecule has 31 heavy (non-hydrogen) atoms. The largest absolute Gasteiger partial charge is 0.490 e. The van der Waals surface area contributed by atoms with E-state index in [1.54, 1.807) is 6.21 Å². The third-order valence-electron chi connectivity index (χ3n) is 3.79. The minimum absolute atomic E-state index is 0.0484. The smallest absolute Gasteiger partial charge is 0.250 e. The van der Waals surface area contributed by atoms with Gasteiger partial charge >= 0.3 is 0 Å². The molecule has 0 spiro atoms. The van der Waals surface area contributed by atoms with Crippen LogP contribution in [0.25, 0.3) is 10.6 Å². The summed E-state index contributed by atoms with van der Waals surface area (Å²) < 4.78 is 12.1. The van der Waals surface area contributed by atoms with Crippen LogP contribution in [-0.2, 0) is 4.79 Å². The zero-order valence-electron chi connectivity index (χ0n) is 17.6. The Bertz CT molecular complexity index is 1020. The average molecular weight is 457 g/mol. The monoisotopic (exact) mass is 456 g/mol. The number of thioether (sulfide) groups is 1. The molecule has 0 aliphatic heterocycles. The molecule has 1 N–H and O–H groups in total. The second-order valence-corrected chi connectivity index (χ2v) is 8.83. The van der Waals surface area contributed by atoms with E-state index in [0.29, 0.717) is 18.1 Å². The highest BCUT2D eigenvalue weighted by Gasteiger charge is 2.10. The van der Waals surface area contributed by atoms with Gasteiger partial charge in [-0.1, -0.05) is 53.4 Å². The fourth-order valence-corrected chi connectivity index (χ4v) is 4.18. The van der Waals surface area contributed by atoms with E-state index >= 15 is 0 Å². The predicted octanol–water partition coefficient (Wildman–Crippen LogP) is 4.63. The molecule has 0 bridgehead atoms. The van der Waals surface area contributed by atoms with E-state index in [1.165, 1.54) is 23.1 Å². The highest BCUT2D eigenvalue weighted by molar-refractivity contribution is 8.01. The minimum Gasteiger partial charge on any atom is -0.490 e. The maximum Gasteiger partial charge on any atom is 0.250 e. The van der Waals surface area contributed by atoms with Crippen LogP contribution in [0, 0.1) is 0 Å². The van der Waals surface area contributed by atoms with Crippen molar-refractivity contribution in [2.75, 3.05) is 12.4 Å². The Kier molecular flexibility index (Phi) is 8.43. The minimum atomic E-state index is -0.220. The van der Waals surface area contributed by atoms with Crippen molar-refractivity contribution in [3.05, 3.63) is 54.1 Å². The summed E-state index contributed by atoms with van der Waals surface area (Å²) in [6.07, 6.45) is 1.62. The zero-order valence-corrected chi connectivity index (χ0v) is 19.2. The van der Waals surface area contributed by atoms with E-state index in [2.05, 4.69) is 20.7 Å². The summed E-state index contributed by atoms with van der Waals surface area (Å²) in [6, 6.07) is 15.4. The lowest BCUT2D eigenvalue weighted by Gasteiger charge is -2.14. The highest BCUT2D eigenvalue weighted by Crippen LogP contribution is 2.30. The van der Waals surface area contributed by atoms with Gasteiger partial charge in [0.25, 0.3) is 5.91 Å². The molecule has 0 fully saturated rings. The van der Waals surface area contributed by atoms with Gasteiger partial charge in [-0.2, -0.15) is 5.10 Å².